The van der Waals surface area contributed by atoms with E-state index in [0.29, 0.717) is 0 Å². The maximum atomic E-state index is 11.8. The zero-order valence-electron chi connectivity index (χ0n) is 6.73. The normalized spacial score (nSPS) is 11.4. The van der Waals surface area contributed by atoms with E-state index in [9.17, 15) is 13.2 Å². The number of halogens is 4. The van der Waals surface area contributed by atoms with E-state index in [4.69, 9.17) is 23.1 Å². The molecule has 3 nitrogen and oxygen atoms in total. The highest BCUT2D eigenvalue weighted by molar-refractivity contribution is 6.32. The third-order valence-corrected chi connectivity index (χ3v) is 1.66. The van der Waals surface area contributed by atoms with Gasteiger partial charge in [-0.05, 0) is 6.07 Å². The summed E-state index contributed by atoms with van der Waals surface area (Å²) in [4.78, 5) is 0. The fraction of sp³-hybridized carbons (Fsp3) is 0.143. The van der Waals surface area contributed by atoms with Gasteiger partial charge in [0.05, 0.1) is 16.4 Å². The zero-order chi connectivity index (χ0) is 10.9. The summed E-state index contributed by atoms with van der Waals surface area (Å²) in [5.41, 5.74) is 10.7. The van der Waals surface area contributed by atoms with Crippen LogP contribution in [0.2, 0.25) is 5.02 Å². The Morgan fingerprint density at radius 2 is 1.64 bits per heavy atom. The largest absolute Gasteiger partial charge is 0.573 e. The number of hydrogen-bond donors (Lipinski definition) is 2. The fourth-order valence-corrected chi connectivity index (χ4v) is 0.998. The SMILES string of the molecule is Nc1cc(Cl)c(OC(F)(F)F)cc1N. The molecular formula is C7H6ClF3N2O. The number of alkyl halides is 3. The molecule has 0 radical (unpaired) electrons. The van der Waals surface area contributed by atoms with Crippen LogP contribution >= 0.6 is 11.6 Å². The molecule has 0 bridgehead atoms. The second-order valence-electron chi connectivity index (χ2n) is 2.46. The molecule has 0 saturated carbocycles. The monoisotopic (exact) mass is 226 g/mol. The van der Waals surface area contributed by atoms with E-state index >= 15 is 0 Å². The summed E-state index contributed by atoms with van der Waals surface area (Å²) in [6, 6.07) is 2.02. The van der Waals surface area contributed by atoms with Crippen LogP contribution in [0.25, 0.3) is 0 Å². The number of benzene rings is 1. The molecule has 0 saturated heterocycles. The highest BCUT2D eigenvalue weighted by atomic mass is 35.5. The average molecular weight is 227 g/mol. The van der Waals surface area contributed by atoms with Crippen LogP contribution < -0.4 is 16.2 Å². The summed E-state index contributed by atoms with van der Waals surface area (Å²) in [7, 11) is 0. The summed E-state index contributed by atoms with van der Waals surface area (Å²) < 4.78 is 39.0. The highest BCUT2D eigenvalue weighted by Crippen LogP contribution is 2.34. The van der Waals surface area contributed by atoms with Crippen molar-refractivity contribution in [2.75, 3.05) is 11.5 Å². The number of hydrogen-bond acceptors (Lipinski definition) is 3. The average Bonchev–Trinajstić information content (AvgIpc) is 1.97. The molecule has 0 spiro atoms. The van der Waals surface area contributed by atoms with E-state index in [0.717, 1.165) is 12.1 Å². The Balaban J connectivity index is 3.04. The van der Waals surface area contributed by atoms with E-state index < -0.39 is 12.1 Å². The van der Waals surface area contributed by atoms with Crippen molar-refractivity contribution in [3.8, 4) is 5.75 Å². The Morgan fingerprint density at radius 3 is 2.14 bits per heavy atom. The van der Waals surface area contributed by atoms with E-state index in [-0.39, 0.29) is 16.4 Å². The maximum Gasteiger partial charge on any atom is 0.573 e. The third-order valence-electron chi connectivity index (χ3n) is 1.36. The lowest BCUT2D eigenvalue weighted by Gasteiger charge is -2.11. The van der Waals surface area contributed by atoms with Crippen LogP contribution in [-0.4, -0.2) is 6.36 Å². The van der Waals surface area contributed by atoms with Gasteiger partial charge in [0.15, 0.2) is 0 Å². The van der Waals surface area contributed by atoms with Crippen LogP contribution in [0.1, 0.15) is 0 Å². The van der Waals surface area contributed by atoms with Gasteiger partial charge in [-0.1, -0.05) is 11.6 Å². The topological polar surface area (TPSA) is 61.3 Å². The predicted octanol–water partition coefficient (Wildman–Crippen LogP) is 2.40. The first-order chi connectivity index (χ1) is 6.29. The van der Waals surface area contributed by atoms with Crippen LogP contribution in [0.3, 0.4) is 0 Å². The van der Waals surface area contributed by atoms with Crippen molar-refractivity contribution in [3.05, 3.63) is 17.2 Å². The maximum absolute atomic E-state index is 11.8. The van der Waals surface area contributed by atoms with Gasteiger partial charge < -0.3 is 16.2 Å². The first-order valence-electron chi connectivity index (χ1n) is 3.40. The van der Waals surface area contributed by atoms with Crippen molar-refractivity contribution in [2.24, 2.45) is 0 Å². The molecule has 0 aliphatic heterocycles. The van der Waals surface area contributed by atoms with Gasteiger partial charge in [0.1, 0.15) is 5.75 Å². The van der Waals surface area contributed by atoms with Gasteiger partial charge >= 0.3 is 6.36 Å². The molecule has 14 heavy (non-hydrogen) atoms. The minimum Gasteiger partial charge on any atom is -0.404 e. The van der Waals surface area contributed by atoms with Crippen LogP contribution in [0, 0.1) is 0 Å². The Morgan fingerprint density at radius 1 is 1.14 bits per heavy atom. The lowest BCUT2D eigenvalue weighted by molar-refractivity contribution is -0.274. The van der Waals surface area contributed by atoms with Gasteiger partial charge in [-0.2, -0.15) is 0 Å². The molecule has 0 fully saturated rings. The number of rotatable bonds is 1. The molecule has 1 rings (SSSR count). The van der Waals surface area contributed by atoms with Gasteiger partial charge in [0, 0.05) is 6.07 Å². The number of nitrogen functional groups attached to an aromatic ring is 2. The van der Waals surface area contributed by atoms with Crippen molar-refractivity contribution in [1.82, 2.24) is 0 Å². The predicted molar refractivity (Wildman–Crippen MR) is 47.0 cm³/mol. The highest BCUT2D eigenvalue weighted by Gasteiger charge is 2.32. The summed E-state index contributed by atoms with van der Waals surface area (Å²) >= 11 is 5.45. The van der Waals surface area contributed by atoms with Crippen LogP contribution in [0.4, 0.5) is 24.5 Å². The molecule has 0 amide bonds. The number of anilines is 2. The molecule has 4 N–H and O–H groups in total. The summed E-state index contributed by atoms with van der Waals surface area (Å²) in [5.74, 6) is -0.564. The lowest BCUT2D eigenvalue weighted by atomic mass is 10.2. The Labute approximate surface area is 82.4 Å². The van der Waals surface area contributed by atoms with Crippen molar-refractivity contribution in [2.45, 2.75) is 6.36 Å². The van der Waals surface area contributed by atoms with Crippen LogP contribution in [-0.2, 0) is 0 Å². The van der Waals surface area contributed by atoms with Gasteiger partial charge in [-0.15, -0.1) is 13.2 Å². The molecular weight excluding hydrogens is 221 g/mol. The van der Waals surface area contributed by atoms with Gasteiger partial charge in [0.25, 0.3) is 0 Å². The first-order valence-corrected chi connectivity index (χ1v) is 3.77. The molecule has 1 aromatic rings. The lowest BCUT2D eigenvalue weighted by Crippen LogP contribution is -2.17. The van der Waals surface area contributed by atoms with E-state index in [1.165, 1.54) is 0 Å². The standard InChI is InChI=1S/C7H6ClF3N2O/c8-3-1-4(12)5(13)2-6(3)14-7(9,10)11/h1-2H,12-13H2. The summed E-state index contributed by atoms with van der Waals surface area (Å²) in [5, 5.41) is -0.242. The van der Waals surface area contributed by atoms with Crippen molar-refractivity contribution >= 4 is 23.0 Å². The molecule has 1 aromatic carbocycles. The molecule has 0 aromatic heterocycles. The molecule has 0 aliphatic rings. The van der Waals surface area contributed by atoms with Crippen LogP contribution in [0.15, 0.2) is 12.1 Å². The third kappa shape index (κ3) is 2.59. The minimum atomic E-state index is -4.80. The summed E-state index contributed by atoms with van der Waals surface area (Å²) in [6.07, 6.45) is -4.80. The van der Waals surface area contributed by atoms with Crippen molar-refractivity contribution < 1.29 is 17.9 Å². The van der Waals surface area contributed by atoms with E-state index in [1.54, 1.807) is 0 Å². The van der Waals surface area contributed by atoms with Crippen LogP contribution in [0.5, 0.6) is 5.75 Å². The first kappa shape index (κ1) is 10.8. The Hall–Kier alpha value is -1.30. The Kier molecular flexibility index (Phi) is 2.66. The van der Waals surface area contributed by atoms with Gasteiger partial charge in [-0.25, -0.2) is 0 Å². The number of nitrogens with two attached hydrogens (primary N) is 2. The molecule has 0 aliphatic carbocycles. The van der Waals surface area contributed by atoms with Crippen molar-refractivity contribution in [1.29, 1.82) is 0 Å². The molecule has 0 heterocycles. The smallest absolute Gasteiger partial charge is 0.404 e. The summed E-state index contributed by atoms with van der Waals surface area (Å²) in [6.45, 7) is 0. The second kappa shape index (κ2) is 3.45. The number of ether oxygens (including phenoxy) is 1. The fourth-order valence-electron chi connectivity index (χ4n) is 0.787. The molecule has 78 valence electrons. The molecule has 0 unspecified atom stereocenters. The minimum absolute atomic E-state index is 0.0198. The van der Waals surface area contributed by atoms with E-state index in [1.807, 2.05) is 0 Å². The second-order valence-corrected chi connectivity index (χ2v) is 2.87. The van der Waals surface area contributed by atoms with E-state index in [2.05, 4.69) is 4.74 Å². The zero-order valence-corrected chi connectivity index (χ0v) is 7.49. The van der Waals surface area contributed by atoms with Gasteiger partial charge in [0.2, 0.25) is 0 Å². The van der Waals surface area contributed by atoms with Crippen molar-refractivity contribution in [3.63, 3.8) is 0 Å². The Bertz CT molecular complexity index is 354. The van der Waals surface area contributed by atoms with Gasteiger partial charge in [-0.3, -0.25) is 0 Å². The quantitative estimate of drug-likeness (QED) is 0.723. The molecule has 7 heteroatoms. The molecule has 0 atom stereocenters.